The minimum absolute atomic E-state index is 0.115. The molecule has 0 spiro atoms. The normalized spacial score (nSPS) is 11.1. The van der Waals surface area contributed by atoms with Gasteiger partial charge >= 0.3 is 0 Å². The average Bonchev–Trinajstić information content (AvgIpc) is 3.16. The van der Waals surface area contributed by atoms with Crippen LogP contribution in [0.2, 0.25) is 0 Å². The van der Waals surface area contributed by atoms with E-state index in [1.165, 1.54) is 23.5 Å². The molecular weight excluding hydrogens is 327 g/mol. The largest absolute Gasteiger partial charge is 0.460 e. The highest BCUT2D eigenvalue weighted by Gasteiger charge is 2.14. The summed E-state index contributed by atoms with van der Waals surface area (Å²) in [5, 5.41) is 0. The summed E-state index contributed by atoms with van der Waals surface area (Å²) in [4.78, 5) is 5.24. The van der Waals surface area contributed by atoms with E-state index < -0.39 is 5.82 Å². The van der Waals surface area contributed by atoms with E-state index in [0.717, 1.165) is 15.1 Å². The number of nitrogen functional groups attached to an aromatic ring is 1. The summed E-state index contributed by atoms with van der Waals surface area (Å²) >= 11 is 1.46. The number of nitrogens with two attached hydrogens (primary N) is 1. The Morgan fingerprint density at radius 2 is 2.00 bits per heavy atom. The lowest BCUT2D eigenvalue weighted by Crippen LogP contribution is -1.91. The zero-order chi connectivity index (χ0) is 16.7. The summed E-state index contributed by atoms with van der Waals surface area (Å²) in [6, 6.07) is 11.6. The second-order valence-electron chi connectivity index (χ2n) is 5.19. The van der Waals surface area contributed by atoms with Crippen molar-refractivity contribution in [1.82, 2.24) is 4.98 Å². The van der Waals surface area contributed by atoms with Gasteiger partial charge in [0.15, 0.2) is 11.6 Å². The van der Waals surface area contributed by atoms with Gasteiger partial charge in [-0.15, -0.1) is 11.3 Å². The van der Waals surface area contributed by atoms with Crippen molar-refractivity contribution in [3.8, 4) is 22.1 Å². The van der Waals surface area contributed by atoms with Gasteiger partial charge in [-0.05, 0) is 30.3 Å². The molecule has 0 aliphatic heterocycles. The van der Waals surface area contributed by atoms with Crippen LogP contribution in [0.1, 0.15) is 5.76 Å². The fraction of sp³-hybridized carbons (Fsp3) is 0. The Kier molecular flexibility index (Phi) is 3.46. The van der Waals surface area contributed by atoms with Crippen LogP contribution in [0.15, 0.2) is 53.1 Å². The molecule has 2 N–H and O–H groups in total. The van der Waals surface area contributed by atoms with Crippen LogP contribution >= 0.6 is 11.3 Å². The van der Waals surface area contributed by atoms with Gasteiger partial charge in [0.05, 0.1) is 15.1 Å². The Hall–Kier alpha value is -2.86. The predicted octanol–water partition coefficient (Wildman–Crippen LogP) is 5.25. The van der Waals surface area contributed by atoms with Crippen LogP contribution < -0.4 is 10.5 Å². The van der Waals surface area contributed by atoms with E-state index in [0.29, 0.717) is 23.0 Å². The minimum atomic E-state index is -0.510. The molecule has 3 heterocycles. The van der Waals surface area contributed by atoms with E-state index in [2.05, 4.69) is 11.9 Å². The molecule has 0 saturated heterocycles. The number of halogens is 1. The number of benzene rings is 1. The Morgan fingerprint density at radius 1 is 1.12 bits per heavy atom. The molecule has 0 atom stereocenters. The highest BCUT2D eigenvalue weighted by Crippen LogP contribution is 2.40. The number of anilines is 1. The van der Waals surface area contributed by atoms with E-state index in [4.69, 9.17) is 14.9 Å². The summed E-state index contributed by atoms with van der Waals surface area (Å²) in [7, 11) is 0. The predicted molar refractivity (Wildman–Crippen MR) is 92.7 cm³/mol. The highest BCUT2D eigenvalue weighted by atomic mass is 32.1. The van der Waals surface area contributed by atoms with Crippen LogP contribution in [0.4, 0.5) is 10.1 Å². The number of ether oxygens (including phenoxy) is 1. The number of hydrogen-bond acceptors (Lipinski definition) is 5. The first-order valence-corrected chi connectivity index (χ1v) is 7.95. The van der Waals surface area contributed by atoms with Crippen molar-refractivity contribution in [1.29, 1.82) is 0 Å². The zero-order valence-corrected chi connectivity index (χ0v) is 13.3. The number of nitrogens with zero attached hydrogens (tertiary/aromatic N) is 1. The number of furan rings is 1. The number of hydrogen-bond donors (Lipinski definition) is 1. The van der Waals surface area contributed by atoms with Crippen molar-refractivity contribution in [2.45, 2.75) is 0 Å². The van der Waals surface area contributed by atoms with Crippen LogP contribution in [0.5, 0.6) is 11.5 Å². The standard InChI is InChI=1S/C18H12FN2O2S/c1-10-2-4-15(22-10)17-9-13-18(24-17)16(6-7-21-13)23-14-5-3-11(20)8-12(14)19/h2-9H,1,20H2. The summed E-state index contributed by atoms with van der Waals surface area (Å²) in [5.74, 6) is 1.44. The maximum absolute atomic E-state index is 14.0. The third kappa shape index (κ3) is 2.61. The lowest BCUT2D eigenvalue weighted by atomic mass is 10.3. The monoisotopic (exact) mass is 339 g/mol. The van der Waals surface area contributed by atoms with Crippen LogP contribution in [-0.2, 0) is 0 Å². The Balaban J connectivity index is 1.77. The molecule has 1 aromatic carbocycles. The van der Waals surface area contributed by atoms with Crippen molar-refractivity contribution in [2.75, 3.05) is 5.73 Å². The Bertz CT molecular complexity index is 1040. The quantitative estimate of drug-likeness (QED) is 0.518. The fourth-order valence-electron chi connectivity index (χ4n) is 2.35. The summed E-state index contributed by atoms with van der Waals surface area (Å²) in [5.41, 5.74) is 6.66. The second-order valence-corrected chi connectivity index (χ2v) is 6.24. The third-order valence-electron chi connectivity index (χ3n) is 3.46. The molecular formula is C18H12FN2O2S. The first kappa shape index (κ1) is 14.7. The molecule has 0 aliphatic rings. The molecule has 119 valence electrons. The van der Waals surface area contributed by atoms with E-state index in [-0.39, 0.29) is 5.75 Å². The molecule has 4 rings (SSSR count). The highest BCUT2D eigenvalue weighted by molar-refractivity contribution is 7.22. The lowest BCUT2D eigenvalue weighted by molar-refractivity contribution is 0.447. The van der Waals surface area contributed by atoms with E-state index >= 15 is 0 Å². The molecule has 1 radical (unpaired) electrons. The number of rotatable bonds is 3. The van der Waals surface area contributed by atoms with E-state index in [9.17, 15) is 4.39 Å². The second kappa shape index (κ2) is 5.65. The van der Waals surface area contributed by atoms with Crippen LogP contribution in [-0.4, -0.2) is 4.98 Å². The van der Waals surface area contributed by atoms with Crippen molar-refractivity contribution in [3.63, 3.8) is 0 Å². The first-order chi connectivity index (χ1) is 11.6. The Morgan fingerprint density at radius 3 is 2.75 bits per heavy atom. The van der Waals surface area contributed by atoms with Crippen LogP contribution in [0, 0.1) is 12.7 Å². The summed E-state index contributed by atoms with van der Waals surface area (Å²) < 4.78 is 26.1. The van der Waals surface area contributed by atoms with Gasteiger partial charge < -0.3 is 14.9 Å². The molecule has 4 aromatic rings. The van der Waals surface area contributed by atoms with Gasteiger partial charge in [0.1, 0.15) is 17.3 Å². The fourth-order valence-corrected chi connectivity index (χ4v) is 3.37. The molecule has 0 aliphatic carbocycles. The minimum Gasteiger partial charge on any atom is -0.460 e. The number of thiophene rings is 1. The van der Waals surface area contributed by atoms with E-state index in [1.807, 2.05) is 12.1 Å². The maximum atomic E-state index is 14.0. The van der Waals surface area contributed by atoms with Gasteiger partial charge in [-0.3, -0.25) is 4.98 Å². The molecule has 0 bridgehead atoms. The van der Waals surface area contributed by atoms with Crippen LogP contribution in [0.25, 0.3) is 20.9 Å². The number of fused-ring (bicyclic) bond motifs is 1. The van der Waals surface area contributed by atoms with Gasteiger partial charge in [0.25, 0.3) is 0 Å². The van der Waals surface area contributed by atoms with Crippen molar-refractivity contribution < 1.29 is 13.5 Å². The Labute approximate surface area is 141 Å². The van der Waals surface area contributed by atoms with Crippen molar-refractivity contribution >= 4 is 27.2 Å². The number of aromatic nitrogens is 1. The molecule has 6 heteroatoms. The smallest absolute Gasteiger partial charge is 0.167 e. The SMILES string of the molecule is [CH2]c1ccc(-c2cc3nccc(Oc4ccc(N)cc4F)c3s2)o1. The van der Waals surface area contributed by atoms with E-state index in [1.54, 1.807) is 24.4 Å². The molecule has 0 unspecified atom stereocenters. The topological polar surface area (TPSA) is 61.3 Å². The lowest BCUT2D eigenvalue weighted by Gasteiger charge is -2.07. The molecule has 3 aromatic heterocycles. The van der Waals surface area contributed by atoms with Crippen LogP contribution in [0.3, 0.4) is 0 Å². The average molecular weight is 339 g/mol. The molecule has 4 nitrogen and oxygen atoms in total. The van der Waals surface area contributed by atoms with Crippen molar-refractivity contribution in [3.05, 3.63) is 67.2 Å². The van der Waals surface area contributed by atoms with Gasteiger partial charge in [0, 0.05) is 30.9 Å². The molecule has 24 heavy (non-hydrogen) atoms. The number of pyridine rings is 1. The van der Waals surface area contributed by atoms with Gasteiger partial charge in [-0.25, -0.2) is 4.39 Å². The molecule has 0 fully saturated rings. The van der Waals surface area contributed by atoms with Gasteiger partial charge in [0.2, 0.25) is 0 Å². The molecule has 0 saturated carbocycles. The van der Waals surface area contributed by atoms with Gasteiger partial charge in [-0.2, -0.15) is 0 Å². The third-order valence-corrected chi connectivity index (χ3v) is 4.61. The zero-order valence-electron chi connectivity index (χ0n) is 12.5. The maximum Gasteiger partial charge on any atom is 0.167 e. The summed E-state index contributed by atoms with van der Waals surface area (Å²) in [6.45, 7) is 3.76. The first-order valence-electron chi connectivity index (χ1n) is 7.14. The molecule has 0 amide bonds. The van der Waals surface area contributed by atoms with Gasteiger partial charge in [-0.1, -0.05) is 0 Å². The summed E-state index contributed by atoms with van der Waals surface area (Å²) in [6.07, 6.45) is 1.62. The van der Waals surface area contributed by atoms with Crippen molar-refractivity contribution in [2.24, 2.45) is 0 Å².